The lowest BCUT2D eigenvalue weighted by atomic mass is 9.94. The van der Waals surface area contributed by atoms with Crippen molar-refractivity contribution < 1.29 is 8.42 Å². The third-order valence-corrected chi connectivity index (χ3v) is 6.12. The molecule has 1 saturated carbocycles. The van der Waals surface area contributed by atoms with E-state index in [0.717, 1.165) is 38.5 Å². The van der Waals surface area contributed by atoms with E-state index in [2.05, 4.69) is 18.6 Å². The van der Waals surface area contributed by atoms with E-state index in [0.29, 0.717) is 24.9 Å². The molecule has 0 bridgehead atoms. The summed E-state index contributed by atoms with van der Waals surface area (Å²) in [7, 11) is -3.39. The Morgan fingerprint density at radius 3 is 2.30 bits per heavy atom. The molecule has 118 valence electrons. The smallest absolute Gasteiger partial charge is 0.279 e. The molecule has 0 spiro atoms. The number of piperidine rings is 1. The molecule has 6 heteroatoms. The zero-order valence-electron chi connectivity index (χ0n) is 12.7. The van der Waals surface area contributed by atoms with Crippen LogP contribution in [0.15, 0.2) is 0 Å². The van der Waals surface area contributed by atoms with E-state index in [4.69, 9.17) is 5.73 Å². The van der Waals surface area contributed by atoms with Crippen LogP contribution in [0.3, 0.4) is 0 Å². The summed E-state index contributed by atoms with van der Waals surface area (Å²) in [6, 6.07) is -0.151. The van der Waals surface area contributed by atoms with Crippen LogP contribution >= 0.6 is 0 Å². The second kappa shape index (κ2) is 6.73. The van der Waals surface area contributed by atoms with Gasteiger partial charge in [-0.05, 0) is 31.1 Å². The number of hydrogen-bond donors (Lipinski definition) is 2. The van der Waals surface area contributed by atoms with Gasteiger partial charge in [0, 0.05) is 25.2 Å². The highest BCUT2D eigenvalue weighted by atomic mass is 32.2. The van der Waals surface area contributed by atoms with E-state index in [1.165, 1.54) is 0 Å². The first kappa shape index (κ1) is 16.2. The lowest BCUT2D eigenvalue weighted by molar-refractivity contribution is 0.219. The van der Waals surface area contributed by atoms with Crippen LogP contribution in [0, 0.1) is 11.8 Å². The van der Waals surface area contributed by atoms with E-state index < -0.39 is 10.2 Å². The van der Waals surface area contributed by atoms with Gasteiger partial charge in [0.1, 0.15) is 0 Å². The van der Waals surface area contributed by atoms with Crippen LogP contribution in [0.2, 0.25) is 0 Å². The second-order valence-corrected chi connectivity index (χ2v) is 8.50. The molecule has 0 aromatic carbocycles. The molecule has 0 amide bonds. The standard InChI is InChI=1S/C14H29N3O2S/c1-11-8-12(2)10-17(9-11)20(18,19)16-14-7-5-3-4-6-13(14)15/h11-14,16H,3-10,15H2,1-2H3. The first-order chi connectivity index (χ1) is 9.38. The summed E-state index contributed by atoms with van der Waals surface area (Å²) < 4.78 is 29.6. The Kier molecular flexibility index (Phi) is 5.45. The molecule has 2 rings (SSSR count). The van der Waals surface area contributed by atoms with Crippen LogP contribution in [0.25, 0.3) is 0 Å². The van der Waals surface area contributed by atoms with Crippen molar-refractivity contribution in [1.29, 1.82) is 0 Å². The van der Waals surface area contributed by atoms with Gasteiger partial charge in [0.15, 0.2) is 0 Å². The van der Waals surface area contributed by atoms with Gasteiger partial charge in [-0.3, -0.25) is 0 Å². The molecule has 4 atom stereocenters. The molecule has 2 fully saturated rings. The zero-order valence-corrected chi connectivity index (χ0v) is 13.5. The monoisotopic (exact) mass is 303 g/mol. The fourth-order valence-corrected chi connectivity index (χ4v) is 5.28. The lowest BCUT2D eigenvalue weighted by Gasteiger charge is -2.35. The van der Waals surface area contributed by atoms with E-state index >= 15 is 0 Å². The van der Waals surface area contributed by atoms with Gasteiger partial charge in [0.05, 0.1) is 0 Å². The molecule has 4 unspecified atom stereocenters. The Morgan fingerprint density at radius 2 is 1.65 bits per heavy atom. The molecule has 0 aromatic heterocycles. The molecule has 0 radical (unpaired) electrons. The molecular formula is C14H29N3O2S. The molecule has 5 nitrogen and oxygen atoms in total. The highest BCUT2D eigenvalue weighted by molar-refractivity contribution is 7.87. The summed E-state index contributed by atoms with van der Waals surface area (Å²) in [5.41, 5.74) is 6.12. The summed E-state index contributed by atoms with van der Waals surface area (Å²) in [6.45, 7) is 5.49. The maximum absolute atomic E-state index is 12.6. The third-order valence-electron chi connectivity index (χ3n) is 4.54. The fourth-order valence-electron chi connectivity index (χ4n) is 3.55. The maximum Gasteiger partial charge on any atom is 0.279 e. The molecule has 3 N–H and O–H groups in total. The van der Waals surface area contributed by atoms with Crippen molar-refractivity contribution in [3.63, 3.8) is 0 Å². The molecule has 1 saturated heterocycles. The number of nitrogens with two attached hydrogens (primary N) is 1. The van der Waals surface area contributed by atoms with Crippen molar-refractivity contribution in [2.45, 2.75) is 64.5 Å². The molecule has 1 aliphatic heterocycles. The first-order valence-corrected chi connectivity index (χ1v) is 9.35. The first-order valence-electron chi connectivity index (χ1n) is 7.91. The zero-order chi connectivity index (χ0) is 14.8. The van der Waals surface area contributed by atoms with E-state index in [9.17, 15) is 8.42 Å². The molecule has 1 heterocycles. The highest BCUT2D eigenvalue weighted by Gasteiger charge is 2.33. The van der Waals surface area contributed by atoms with Crippen LogP contribution in [0.4, 0.5) is 0 Å². The van der Waals surface area contributed by atoms with Gasteiger partial charge in [-0.15, -0.1) is 0 Å². The summed E-state index contributed by atoms with van der Waals surface area (Å²) in [5, 5.41) is 0. The quantitative estimate of drug-likeness (QED) is 0.775. The maximum atomic E-state index is 12.6. The van der Waals surface area contributed by atoms with E-state index in [1.807, 2.05) is 0 Å². The highest BCUT2D eigenvalue weighted by Crippen LogP contribution is 2.24. The van der Waals surface area contributed by atoms with Crippen LogP contribution in [-0.2, 0) is 10.2 Å². The van der Waals surface area contributed by atoms with Crippen molar-refractivity contribution in [2.75, 3.05) is 13.1 Å². The summed E-state index contributed by atoms with van der Waals surface area (Å²) >= 11 is 0. The van der Waals surface area contributed by atoms with Crippen LogP contribution < -0.4 is 10.5 Å². The van der Waals surface area contributed by atoms with Crippen LogP contribution in [-0.4, -0.2) is 37.9 Å². The normalized spacial score (nSPS) is 37.5. The molecule has 2 aliphatic rings. The van der Waals surface area contributed by atoms with Gasteiger partial charge in [0.25, 0.3) is 10.2 Å². The number of rotatable bonds is 3. The van der Waals surface area contributed by atoms with Crippen molar-refractivity contribution in [3.05, 3.63) is 0 Å². The Morgan fingerprint density at radius 1 is 1.05 bits per heavy atom. The Balaban J connectivity index is 2.02. The van der Waals surface area contributed by atoms with Gasteiger partial charge in [-0.1, -0.05) is 33.1 Å². The minimum atomic E-state index is -3.39. The van der Waals surface area contributed by atoms with Gasteiger partial charge >= 0.3 is 0 Å². The molecule has 0 aromatic rings. The van der Waals surface area contributed by atoms with Gasteiger partial charge in [-0.25, -0.2) is 0 Å². The summed E-state index contributed by atoms with van der Waals surface area (Å²) in [6.07, 6.45) is 6.21. The molecular weight excluding hydrogens is 274 g/mol. The van der Waals surface area contributed by atoms with Gasteiger partial charge in [-0.2, -0.15) is 17.4 Å². The largest absolute Gasteiger partial charge is 0.326 e. The average molecular weight is 303 g/mol. The predicted octanol–water partition coefficient (Wildman–Crippen LogP) is 1.46. The van der Waals surface area contributed by atoms with E-state index in [-0.39, 0.29) is 12.1 Å². The van der Waals surface area contributed by atoms with Crippen molar-refractivity contribution in [2.24, 2.45) is 17.6 Å². The lowest BCUT2D eigenvalue weighted by Crippen LogP contribution is -2.54. The van der Waals surface area contributed by atoms with Crippen molar-refractivity contribution in [3.8, 4) is 0 Å². The molecule has 1 aliphatic carbocycles. The van der Waals surface area contributed by atoms with Gasteiger partial charge < -0.3 is 5.73 Å². The topological polar surface area (TPSA) is 75.4 Å². The Bertz CT molecular complexity index is 403. The van der Waals surface area contributed by atoms with Crippen molar-refractivity contribution in [1.82, 2.24) is 9.03 Å². The van der Waals surface area contributed by atoms with E-state index in [1.54, 1.807) is 4.31 Å². The Hall–Kier alpha value is -0.170. The summed E-state index contributed by atoms with van der Waals surface area (Å²) in [4.78, 5) is 0. The second-order valence-electron chi connectivity index (χ2n) is 6.79. The van der Waals surface area contributed by atoms with Gasteiger partial charge in [0.2, 0.25) is 0 Å². The Labute approximate surface area is 123 Å². The third kappa shape index (κ3) is 4.16. The van der Waals surface area contributed by atoms with Crippen LogP contribution in [0.5, 0.6) is 0 Å². The fraction of sp³-hybridized carbons (Fsp3) is 1.00. The summed E-state index contributed by atoms with van der Waals surface area (Å²) in [5.74, 6) is 0.858. The predicted molar refractivity (Wildman–Crippen MR) is 81.4 cm³/mol. The SMILES string of the molecule is CC1CC(C)CN(S(=O)(=O)NC2CCCCCC2N)C1. The van der Waals surface area contributed by atoms with Crippen molar-refractivity contribution >= 4 is 10.2 Å². The minimum Gasteiger partial charge on any atom is -0.326 e. The number of nitrogens with one attached hydrogen (secondary N) is 1. The minimum absolute atomic E-state index is 0.0492. The average Bonchev–Trinajstić information content (AvgIpc) is 2.53. The number of nitrogens with zero attached hydrogens (tertiary/aromatic N) is 1. The molecule has 20 heavy (non-hydrogen) atoms. The number of hydrogen-bond acceptors (Lipinski definition) is 3. The van der Waals surface area contributed by atoms with Crippen LogP contribution in [0.1, 0.15) is 52.4 Å².